The molecule has 0 radical (unpaired) electrons. The maximum Gasteiger partial charge on any atom is 0.166 e. The Morgan fingerprint density at radius 2 is 1.86 bits per heavy atom. The Bertz CT molecular complexity index is 1250. The quantitative estimate of drug-likeness (QED) is 0.432. The number of nitrogens with zero attached hydrogens (tertiary/aromatic N) is 2. The molecule has 8 heteroatoms. The van der Waals surface area contributed by atoms with Gasteiger partial charge >= 0.3 is 0 Å². The number of benzene rings is 2. The normalized spacial score (nSPS) is 20.6. The predicted octanol–water partition coefficient (Wildman–Crippen LogP) is 6.09. The van der Waals surface area contributed by atoms with Crippen molar-refractivity contribution in [2.24, 2.45) is 0 Å². The summed E-state index contributed by atoms with van der Waals surface area (Å²) in [4.78, 5) is 6.73. The van der Waals surface area contributed by atoms with Crippen molar-refractivity contribution in [3.8, 4) is 16.9 Å². The number of nitrogens with two attached hydrogens (primary N) is 1. The fraction of sp³-hybridized carbons (Fsp3) is 0.296. The van der Waals surface area contributed by atoms with E-state index in [1.165, 1.54) is 11.1 Å². The first-order valence-corrected chi connectivity index (χ1v) is 12.4. The van der Waals surface area contributed by atoms with Crippen molar-refractivity contribution in [2.45, 2.75) is 32.7 Å². The summed E-state index contributed by atoms with van der Waals surface area (Å²) in [6.45, 7) is 7.01. The van der Waals surface area contributed by atoms with Gasteiger partial charge in [-0.25, -0.2) is 4.98 Å². The fourth-order valence-electron chi connectivity index (χ4n) is 4.64. The van der Waals surface area contributed by atoms with Crippen molar-refractivity contribution < 1.29 is 9.47 Å². The van der Waals surface area contributed by atoms with Crippen LogP contribution in [0.4, 0.5) is 11.5 Å². The third kappa shape index (κ3) is 5.20. The molecule has 0 spiro atoms. The molecule has 1 fully saturated rings. The van der Waals surface area contributed by atoms with Crippen LogP contribution in [0.15, 0.2) is 54.9 Å². The number of hydrogen-bond acceptors (Lipinski definition) is 6. The van der Waals surface area contributed by atoms with Gasteiger partial charge in [-0.05, 0) is 55.3 Å². The maximum absolute atomic E-state index is 6.28. The number of nitrogen functional groups attached to an aromatic ring is 1. The number of rotatable bonds is 5. The van der Waals surface area contributed by atoms with Gasteiger partial charge in [-0.3, -0.25) is 0 Å². The smallest absolute Gasteiger partial charge is 0.166 e. The van der Waals surface area contributed by atoms with Gasteiger partial charge in [-0.15, -0.1) is 0 Å². The van der Waals surface area contributed by atoms with Crippen LogP contribution in [0.5, 0.6) is 5.75 Å². The van der Waals surface area contributed by atoms with Crippen molar-refractivity contribution >= 4 is 40.3 Å². The van der Waals surface area contributed by atoms with Crippen LogP contribution in [0, 0.1) is 0 Å². The minimum absolute atomic E-state index is 0.200. The number of ether oxygens (including phenoxy) is 2. The third-order valence-corrected chi connectivity index (χ3v) is 6.98. The molecule has 0 saturated carbocycles. The van der Waals surface area contributed by atoms with Crippen LogP contribution in [0.3, 0.4) is 0 Å². The second-order valence-electron chi connectivity index (χ2n) is 9.08. The van der Waals surface area contributed by atoms with Gasteiger partial charge in [-0.2, -0.15) is 0 Å². The van der Waals surface area contributed by atoms with E-state index < -0.39 is 0 Å². The first-order chi connectivity index (χ1) is 16.9. The average Bonchev–Trinajstić information content (AvgIpc) is 3.21. The fourth-order valence-corrected chi connectivity index (χ4v) is 5.14. The minimum Gasteiger partial charge on any atom is -0.485 e. The molecule has 2 unspecified atom stereocenters. The zero-order chi connectivity index (χ0) is 24.5. The Hall–Kier alpha value is -2.93. The summed E-state index contributed by atoms with van der Waals surface area (Å²) >= 11 is 12.6. The average molecular weight is 511 g/mol. The number of fused-ring (bicyclic) bond motifs is 1. The second-order valence-corrected chi connectivity index (χ2v) is 9.89. The highest BCUT2D eigenvalue weighted by Crippen LogP contribution is 2.36. The molecule has 0 aliphatic carbocycles. The molecule has 0 amide bonds. The molecule has 6 nitrogen and oxygen atoms in total. The largest absolute Gasteiger partial charge is 0.485 e. The molecule has 3 N–H and O–H groups in total. The lowest BCUT2D eigenvalue weighted by molar-refractivity contribution is -0.0539. The molecular formula is C27H28Cl2N4O2. The number of pyridine rings is 1. The molecule has 1 aromatic heterocycles. The van der Waals surface area contributed by atoms with Crippen LogP contribution in [-0.2, 0) is 11.3 Å². The molecule has 2 aromatic carbocycles. The molecule has 3 heterocycles. The lowest BCUT2D eigenvalue weighted by atomic mass is 10.0. The van der Waals surface area contributed by atoms with Crippen LogP contribution in [0.25, 0.3) is 16.7 Å². The van der Waals surface area contributed by atoms with Crippen molar-refractivity contribution in [2.75, 3.05) is 30.7 Å². The molecule has 182 valence electrons. The highest BCUT2D eigenvalue weighted by Gasteiger charge is 2.23. The van der Waals surface area contributed by atoms with Gasteiger partial charge in [0.15, 0.2) is 11.6 Å². The van der Waals surface area contributed by atoms with Gasteiger partial charge in [-0.1, -0.05) is 35.3 Å². The van der Waals surface area contributed by atoms with E-state index in [-0.39, 0.29) is 18.8 Å². The van der Waals surface area contributed by atoms with Crippen LogP contribution in [0.1, 0.15) is 25.0 Å². The Morgan fingerprint density at radius 3 is 2.60 bits per heavy atom. The van der Waals surface area contributed by atoms with Gasteiger partial charge in [0.1, 0.15) is 6.61 Å². The summed E-state index contributed by atoms with van der Waals surface area (Å²) in [5.41, 5.74) is 12.4. The van der Waals surface area contributed by atoms with Crippen molar-refractivity contribution in [3.05, 3.63) is 76.0 Å². The first-order valence-electron chi connectivity index (χ1n) is 11.7. The van der Waals surface area contributed by atoms with Crippen LogP contribution in [-0.4, -0.2) is 41.7 Å². The summed E-state index contributed by atoms with van der Waals surface area (Å²) in [5, 5.41) is 4.60. The van der Waals surface area contributed by atoms with E-state index in [1.807, 2.05) is 6.07 Å². The Balaban J connectivity index is 1.39. The van der Waals surface area contributed by atoms with E-state index in [1.54, 1.807) is 24.4 Å². The summed E-state index contributed by atoms with van der Waals surface area (Å²) < 4.78 is 11.9. The van der Waals surface area contributed by atoms with E-state index in [0.29, 0.717) is 27.2 Å². The SMILES string of the molecule is CC1CN(C=C2CNc3ccc(-c4cnc(N)c(OCc5c(Cl)cccc5Cl)c4)cc32)CC(C)O1. The molecule has 3 aromatic rings. The van der Waals surface area contributed by atoms with Crippen molar-refractivity contribution in [3.63, 3.8) is 0 Å². The number of hydrogen-bond donors (Lipinski definition) is 2. The zero-order valence-electron chi connectivity index (χ0n) is 19.7. The van der Waals surface area contributed by atoms with Gasteiger partial charge in [0, 0.05) is 64.5 Å². The monoisotopic (exact) mass is 510 g/mol. The third-order valence-electron chi connectivity index (χ3n) is 6.27. The van der Waals surface area contributed by atoms with Crippen molar-refractivity contribution in [1.29, 1.82) is 0 Å². The molecule has 0 bridgehead atoms. The van der Waals surface area contributed by atoms with E-state index >= 15 is 0 Å². The standard InChI is InChI=1S/C27H28Cl2N4O2/c1-16-12-33(13-17(2)35-16)14-20-11-31-25-7-6-18(8-21(20)25)19-9-26(27(30)32-10-19)34-15-22-23(28)4-3-5-24(22)29/h3-10,14,16-17,31H,11-13,15H2,1-2H3,(H2,30,32). The molecular weight excluding hydrogens is 483 g/mol. The van der Waals surface area contributed by atoms with E-state index in [9.17, 15) is 0 Å². The van der Waals surface area contributed by atoms with Crippen molar-refractivity contribution in [1.82, 2.24) is 9.88 Å². The topological polar surface area (TPSA) is 72.6 Å². The molecule has 2 aliphatic heterocycles. The highest BCUT2D eigenvalue weighted by atomic mass is 35.5. The number of aromatic nitrogens is 1. The first kappa shape index (κ1) is 23.8. The van der Waals surface area contributed by atoms with E-state index in [2.05, 4.69) is 53.4 Å². The van der Waals surface area contributed by atoms with Crippen LogP contribution in [0.2, 0.25) is 10.0 Å². The lowest BCUT2D eigenvalue weighted by Gasteiger charge is -2.35. The van der Waals surface area contributed by atoms with E-state index in [0.717, 1.165) is 36.4 Å². The summed E-state index contributed by atoms with van der Waals surface area (Å²) in [5.74, 6) is 0.806. The summed E-state index contributed by atoms with van der Waals surface area (Å²) in [7, 11) is 0. The Kier molecular flexibility index (Phi) is 6.78. The second kappa shape index (κ2) is 9.97. The Morgan fingerprint density at radius 1 is 1.11 bits per heavy atom. The maximum atomic E-state index is 6.28. The summed E-state index contributed by atoms with van der Waals surface area (Å²) in [6, 6.07) is 13.7. The molecule has 2 aliphatic rings. The molecule has 2 atom stereocenters. The number of nitrogens with one attached hydrogen (secondary N) is 1. The number of halogens is 2. The predicted molar refractivity (Wildman–Crippen MR) is 143 cm³/mol. The van der Waals surface area contributed by atoms with Gasteiger partial charge < -0.3 is 25.4 Å². The Labute approximate surface area is 215 Å². The highest BCUT2D eigenvalue weighted by molar-refractivity contribution is 6.35. The molecule has 35 heavy (non-hydrogen) atoms. The van der Waals surface area contributed by atoms with Crippen LogP contribution >= 0.6 is 23.2 Å². The minimum atomic E-state index is 0.200. The molecule has 1 saturated heterocycles. The van der Waals surface area contributed by atoms with Gasteiger partial charge in [0.25, 0.3) is 0 Å². The number of anilines is 2. The van der Waals surface area contributed by atoms with Gasteiger partial charge in [0.2, 0.25) is 0 Å². The zero-order valence-corrected chi connectivity index (χ0v) is 21.2. The molecule has 5 rings (SSSR count). The van der Waals surface area contributed by atoms with Gasteiger partial charge in [0.05, 0.1) is 12.2 Å². The number of morpholine rings is 1. The summed E-state index contributed by atoms with van der Waals surface area (Å²) in [6.07, 6.45) is 4.47. The lowest BCUT2D eigenvalue weighted by Crippen LogP contribution is -2.42. The van der Waals surface area contributed by atoms with E-state index in [4.69, 9.17) is 38.4 Å². The van der Waals surface area contributed by atoms with Crippen LogP contribution < -0.4 is 15.8 Å².